The maximum atomic E-state index is 14.9. The van der Waals surface area contributed by atoms with Crippen molar-refractivity contribution in [2.75, 3.05) is 52.5 Å². The molecule has 31 N–H and O–H groups in total. The third-order valence-corrected chi connectivity index (χ3v) is 17.9. The Hall–Kier alpha value is -9.60. The molecule has 1 aromatic heterocycles. The fourth-order valence-electron chi connectivity index (χ4n) is 11.5. The summed E-state index contributed by atoms with van der Waals surface area (Å²) in [5.74, 6) is -17.0. The first-order valence-electron chi connectivity index (χ1n) is 35.2. The molecule has 46 heteroatoms. The minimum Gasteiger partial charge on any atom is -0.481 e. The molecule has 2 aliphatic rings. The van der Waals surface area contributed by atoms with Gasteiger partial charge in [-0.25, -0.2) is 14.3 Å². The number of nitrogens with two attached hydrogens (primary N) is 7. The minimum atomic E-state index is -5.53. The third-order valence-electron chi connectivity index (χ3n) is 17.3. The van der Waals surface area contributed by atoms with Crippen molar-refractivity contribution in [3.05, 3.63) is 18.2 Å². The number of likely N-dealkylation sites (tertiary alicyclic amines) is 2. The van der Waals surface area contributed by atoms with Crippen LogP contribution < -0.4 is 93.3 Å². The minimum absolute atomic E-state index is 0.0106. The van der Waals surface area contributed by atoms with Gasteiger partial charge in [-0.3, -0.25) is 76.6 Å². The highest BCUT2D eigenvalue weighted by Gasteiger charge is 2.47. The number of guanidine groups is 1. The number of carbonyl (C=O) groups excluding carboxylic acids is 13. The molecule has 108 heavy (non-hydrogen) atoms. The van der Waals surface area contributed by atoms with Crippen LogP contribution in [0.4, 0.5) is 0 Å². The molecule has 2 fully saturated rings. The Labute approximate surface area is 621 Å². The number of phosphoric ester groups is 1. The predicted molar refractivity (Wildman–Crippen MR) is 378 cm³/mol. The number of aromatic amines is 1. The van der Waals surface area contributed by atoms with E-state index in [-0.39, 0.29) is 115 Å². The molecule has 1 aromatic rings. The monoisotopic (exact) mass is 1560 g/mol. The summed E-state index contributed by atoms with van der Waals surface area (Å²) in [6.07, 6.45) is 0.186. The molecule has 0 saturated carbocycles. The van der Waals surface area contributed by atoms with Gasteiger partial charge in [0.15, 0.2) is 5.96 Å². The number of carboxylic acids is 2. The van der Waals surface area contributed by atoms with Crippen LogP contribution in [0.3, 0.4) is 0 Å². The zero-order chi connectivity index (χ0) is 81.0. The second-order valence-electron chi connectivity index (χ2n) is 25.9. The van der Waals surface area contributed by atoms with Crippen LogP contribution in [0.2, 0.25) is 0 Å². The predicted octanol–water partition coefficient (Wildman–Crippen LogP) is -10.1. The first kappa shape index (κ1) is 92.6. The van der Waals surface area contributed by atoms with E-state index in [2.05, 4.69) is 62.8 Å². The molecule has 14 atom stereocenters. The Bertz CT molecular complexity index is 3290. The zero-order valence-electron chi connectivity index (χ0n) is 60.2. The van der Waals surface area contributed by atoms with E-state index in [4.69, 9.17) is 44.7 Å². The zero-order valence-corrected chi connectivity index (χ0v) is 61.1. The quantitative estimate of drug-likeness (QED) is 0.0125. The number of nitrogens with one attached hydrogen (secondary N) is 11. The number of phosphoric acid groups is 1. The van der Waals surface area contributed by atoms with Crippen LogP contribution in [0.5, 0.6) is 0 Å². The number of unbranched alkanes of at least 4 members (excludes halogenated alkanes) is 3. The number of aliphatic imine (C=N–C) groups is 1. The highest BCUT2D eigenvalue weighted by molar-refractivity contribution is 7.46. The van der Waals surface area contributed by atoms with Crippen LogP contribution in [-0.2, 0) is 87.4 Å². The molecule has 3 heterocycles. The average molecular weight is 1560 g/mol. The fraction of sp³-hybridized carbons (Fsp3) is 0.694. The van der Waals surface area contributed by atoms with Gasteiger partial charge in [-0.2, -0.15) is 0 Å². The Balaban J connectivity index is 1.92. The van der Waals surface area contributed by atoms with Gasteiger partial charge in [0.2, 0.25) is 76.8 Å². The molecule has 13 amide bonds. The van der Waals surface area contributed by atoms with E-state index < -0.39 is 220 Å². The first-order chi connectivity index (χ1) is 51.0. The van der Waals surface area contributed by atoms with Crippen LogP contribution in [-0.4, -0.2) is 282 Å². The summed E-state index contributed by atoms with van der Waals surface area (Å²) in [6.45, 7) is 0.121. The van der Waals surface area contributed by atoms with E-state index in [0.29, 0.717) is 32.1 Å². The Morgan fingerprint density at radius 2 is 0.991 bits per heavy atom. The number of aliphatic hydroxyl groups is 2. The molecule has 0 bridgehead atoms. The SMILES string of the molecule is C[C@H](N)C(=O)N[C@@H](CC(=O)O)C(=O)N[C@@H](CO)C(=O)N[C@@H](CCC(N)=O)C(=O)N[C@@H](Cc1cnc[nH]1)C(=O)N[C@@H](CO)C(=O)N[C@H](C(=O)N1CCC[C@H]1C(=O)N1CCC[C@H]1C(=O)N[C@@H](CCCCN)C(=O)N[C@@H](CCCCN)C(=O)N[C@@H](CCCCN)C(=O)N[C@@H](CCCN=C(N)N)C(=O)O)[C@@H](C)OP(=O)(O)O. The van der Waals surface area contributed by atoms with Crippen molar-refractivity contribution in [1.29, 1.82) is 0 Å². The number of carboxylic acid groups (broad SMARTS) is 2. The van der Waals surface area contributed by atoms with Crippen molar-refractivity contribution in [1.82, 2.24) is 72.9 Å². The van der Waals surface area contributed by atoms with Gasteiger partial charge < -0.3 is 138 Å². The van der Waals surface area contributed by atoms with Gasteiger partial charge in [0.1, 0.15) is 72.5 Å². The summed E-state index contributed by atoms with van der Waals surface area (Å²) in [5, 5.41) is 63.7. The van der Waals surface area contributed by atoms with E-state index in [1.807, 2.05) is 5.32 Å². The molecule has 608 valence electrons. The molecule has 0 aliphatic carbocycles. The highest BCUT2D eigenvalue weighted by atomic mass is 31.2. The van der Waals surface area contributed by atoms with Crippen molar-refractivity contribution in [3.63, 3.8) is 0 Å². The molecule has 2 saturated heterocycles. The molecule has 0 spiro atoms. The van der Waals surface area contributed by atoms with Gasteiger partial charge in [0.05, 0.1) is 38.1 Å². The maximum absolute atomic E-state index is 14.9. The van der Waals surface area contributed by atoms with Gasteiger partial charge in [0.25, 0.3) is 0 Å². The summed E-state index contributed by atoms with van der Waals surface area (Å²) in [5.41, 5.74) is 39.1. The summed E-state index contributed by atoms with van der Waals surface area (Å²) in [6, 6.07) is -21.0. The number of H-pyrrole nitrogens is 1. The van der Waals surface area contributed by atoms with Gasteiger partial charge in [0, 0.05) is 44.4 Å². The molecule has 2 aliphatic heterocycles. The van der Waals surface area contributed by atoms with E-state index in [9.17, 15) is 107 Å². The lowest BCUT2D eigenvalue weighted by Crippen LogP contribution is -2.63. The number of aromatic nitrogens is 2. The standard InChI is InChI=1S/C62H107N22O23P/c1-32(66)49(90)78-41(27-47(88)89)55(96)80-42(29-85)56(97)75-38(18-19-46(67)87)53(94)79-40(26-34-28-70-31-72-34)54(95)81-43(30-86)57(98)82-48(33(2)107-108(104,105)106)60(101)84-25-11-17-45(84)59(100)83-24-10-16-44(83)58(99)76-37(14-5-8-22-65)51(92)73-35(12-3-6-20-63)50(91)74-36(13-4-7-21-64)52(93)77-39(61(102)103)15-9-23-71-62(68)69/h28,31-33,35-45,48,85-86H,3-27,29-30,63-66H2,1-2H3,(H2,67,87)(H,70,72)(H,73,92)(H,74,91)(H,75,97)(H,76,99)(H,77,93)(H,78,90)(H,79,94)(H,80,96)(H,81,95)(H,82,98)(H,88,89)(H,102,103)(H4,68,69,71)(H2,104,105,106)/t32-,33+,35-,36-,37-,38-,39-,40-,41-,42-,43-,44-,45-,48-/m0/s1. The Kier molecular flexibility index (Phi) is 40.5. The number of primary amides is 1. The van der Waals surface area contributed by atoms with E-state index >= 15 is 0 Å². The third kappa shape index (κ3) is 32.1. The fourth-order valence-corrected chi connectivity index (χ4v) is 12.1. The van der Waals surface area contributed by atoms with Crippen LogP contribution in [0, 0.1) is 0 Å². The normalized spacial score (nSPS) is 17.5. The van der Waals surface area contributed by atoms with Crippen molar-refractivity contribution >= 4 is 103 Å². The summed E-state index contributed by atoms with van der Waals surface area (Å²) < 4.78 is 17.2. The summed E-state index contributed by atoms with van der Waals surface area (Å²) in [4.78, 5) is 237. The van der Waals surface area contributed by atoms with Crippen molar-refractivity contribution in [3.8, 4) is 0 Å². The number of aliphatic carboxylic acids is 2. The number of rotatable bonds is 51. The second kappa shape index (κ2) is 47.3. The van der Waals surface area contributed by atoms with E-state index in [0.717, 1.165) is 11.8 Å². The largest absolute Gasteiger partial charge is 0.481 e. The van der Waals surface area contributed by atoms with Crippen LogP contribution in [0.1, 0.15) is 135 Å². The van der Waals surface area contributed by atoms with Crippen LogP contribution in [0.15, 0.2) is 17.5 Å². The van der Waals surface area contributed by atoms with Gasteiger partial charge in [-0.05, 0) is 136 Å². The first-order valence-corrected chi connectivity index (χ1v) is 36.8. The molecule has 0 unspecified atom stereocenters. The molecular formula is C62H107N22O23P. The summed E-state index contributed by atoms with van der Waals surface area (Å²) >= 11 is 0. The average Bonchev–Trinajstić information content (AvgIpc) is 1.65. The van der Waals surface area contributed by atoms with Gasteiger partial charge >= 0.3 is 19.8 Å². The molecule has 0 radical (unpaired) electrons. The van der Waals surface area contributed by atoms with Crippen molar-refractivity contribution < 1.29 is 111 Å². The van der Waals surface area contributed by atoms with E-state index in [1.165, 1.54) is 24.3 Å². The molecule has 45 nitrogen and oxygen atoms in total. The number of nitrogens with zero attached hydrogens (tertiary/aromatic N) is 4. The number of amides is 13. The van der Waals surface area contributed by atoms with Gasteiger partial charge in [-0.15, -0.1) is 0 Å². The Morgan fingerprint density at radius 3 is 1.44 bits per heavy atom. The Morgan fingerprint density at radius 1 is 0.565 bits per heavy atom. The number of aliphatic hydroxyl groups excluding tert-OH is 2. The number of hydrogen-bond donors (Lipinski definition) is 24. The lowest BCUT2D eigenvalue weighted by atomic mass is 10.0. The highest BCUT2D eigenvalue weighted by Crippen LogP contribution is 2.39. The molecular weight excluding hydrogens is 1450 g/mol. The van der Waals surface area contributed by atoms with E-state index in [1.54, 1.807) is 0 Å². The topological polar surface area (TPSA) is 754 Å². The van der Waals surface area contributed by atoms with Crippen molar-refractivity contribution in [2.24, 2.45) is 45.1 Å². The maximum Gasteiger partial charge on any atom is 0.469 e. The number of imidazole rings is 1. The molecule has 3 rings (SSSR count). The van der Waals surface area contributed by atoms with Crippen LogP contribution in [0.25, 0.3) is 0 Å². The van der Waals surface area contributed by atoms with Crippen molar-refractivity contribution in [2.45, 2.75) is 220 Å². The van der Waals surface area contributed by atoms with Gasteiger partial charge in [-0.1, -0.05) is 0 Å². The number of carbonyl (C=O) groups is 15. The lowest BCUT2D eigenvalue weighted by Gasteiger charge is -2.35. The van der Waals surface area contributed by atoms with Crippen LogP contribution >= 0.6 is 7.82 Å². The number of hydrogen-bond acceptors (Lipinski definition) is 25. The molecule has 0 aromatic carbocycles. The lowest BCUT2D eigenvalue weighted by molar-refractivity contribution is -0.149. The second-order valence-corrected chi connectivity index (χ2v) is 27.1. The summed E-state index contributed by atoms with van der Waals surface area (Å²) in [7, 11) is -5.53. The smallest absolute Gasteiger partial charge is 0.469 e.